The molecule has 0 aromatic heterocycles. The molecule has 0 aromatic rings. The molecular weight excluding hydrogens is 128 g/mol. The molecule has 1 amide bonds. The Bertz CT molecular complexity index is 104. The minimum atomic E-state index is -0.211. The topological polar surface area (TPSA) is 69.1 Å². The second-order valence-corrected chi connectivity index (χ2v) is 2.59. The molecule has 1 atom stereocenters. The number of amides is 1. The fraction of sp³-hybridized carbons (Fsp3) is 0.857. The van der Waals surface area contributed by atoms with E-state index in [0.29, 0.717) is 6.54 Å². The highest BCUT2D eigenvalue weighted by Gasteiger charge is 2.06. The Morgan fingerprint density at radius 2 is 2.10 bits per heavy atom. The first kappa shape index (κ1) is 9.43. The van der Waals surface area contributed by atoms with E-state index in [1.54, 1.807) is 0 Å². The summed E-state index contributed by atoms with van der Waals surface area (Å²) in [5, 5.41) is 0. The molecule has 3 heteroatoms. The summed E-state index contributed by atoms with van der Waals surface area (Å²) in [5.41, 5.74) is 10.3. The number of hydrogen-bond acceptors (Lipinski definition) is 2. The number of carbonyl (C=O) groups is 1. The fourth-order valence-corrected chi connectivity index (χ4v) is 0.737. The maximum atomic E-state index is 10.5. The van der Waals surface area contributed by atoms with Gasteiger partial charge in [0.2, 0.25) is 5.91 Å². The summed E-state index contributed by atoms with van der Waals surface area (Å²) in [4.78, 5) is 10.5. The van der Waals surface area contributed by atoms with E-state index >= 15 is 0 Å². The van der Waals surface area contributed by atoms with Crippen molar-refractivity contribution in [1.82, 2.24) is 0 Å². The number of hydrogen-bond donors (Lipinski definition) is 2. The van der Waals surface area contributed by atoms with E-state index in [4.69, 9.17) is 11.5 Å². The summed E-state index contributed by atoms with van der Waals surface area (Å²) >= 11 is 0. The molecule has 0 saturated heterocycles. The molecule has 0 aliphatic carbocycles. The number of nitrogens with two attached hydrogens (primary N) is 2. The third kappa shape index (κ3) is 4.32. The maximum Gasteiger partial charge on any atom is 0.220 e. The smallest absolute Gasteiger partial charge is 0.220 e. The number of unbranched alkanes of at least 4 members (excludes halogenated alkanes) is 1. The molecule has 4 N–H and O–H groups in total. The van der Waals surface area contributed by atoms with Crippen LogP contribution in [0.15, 0.2) is 0 Å². The highest BCUT2D eigenvalue weighted by Crippen LogP contribution is 2.05. The minimum Gasteiger partial charge on any atom is -0.369 e. The molecule has 0 aromatic carbocycles. The zero-order chi connectivity index (χ0) is 7.98. The SMILES string of the molecule is CC(CCCCN)C(N)=O. The van der Waals surface area contributed by atoms with Crippen molar-refractivity contribution in [3.05, 3.63) is 0 Å². The Labute approximate surface area is 61.8 Å². The van der Waals surface area contributed by atoms with E-state index in [1.165, 1.54) is 0 Å². The average Bonchev–Trinajstić information content (AvgIpc) is 1.88. The Balaban J connectivity index is 3.21. The van der Waals surface area contributed by atoms with Crippen molar-refractivity contribution in [2.24, 2.45) is 17.4 Å². The van der Waals surface area contributed by atoms with Crippen LogP contribution in [-0.2, 0) is 4.79 Å². The quantitative estimate of drug-likeness (QED) is 0.542. The Kier molecular flexibility index (Phi) is 4.94. The minimum absolute atomic E-state index is 0.00606. The van der Waals surface area contributed by atoms with Gasteiger partial charge in [-0.25, -0.2) is 0 Å². The van der Waals surface area contributed by atoms with Gasteiger partial charge in [-0.3, -0.25) is 4.79 Å². The second kappa shape index (κ2) is 5.23. The zero-order valence-electron chi connectivity index (χ0n) is 6.47. The largest absolute Gasteiger partial charge is 0.369 e. The van der Waals surface area contributed by atoms with Crippen LogP contribution in [0.5, 0.6) is 0 Å². The lowest BCUT2D eigenvalue weighted by Gasteiger charge is -2.04. The monoisotopic (exact) mass is 144 g/mol. The molecule has 0 aliphatic heterocycles. The Hall–Kier alpha value is -0.570. The lowest BCUT2D eigenvalue weighted by atomic mass is 10.0. The molecule has 60 valence electrons. The molecule has 10 heavy (non-hydrogen) atoms. The molecular formula is C7H16N2O. The summed E-state index contributed by atoms with van der Waals surface area (Å²) < 4.78 is 0. The van der Waals surface area contributed by atoms with E-state index in [0.717, 1.165) is 19.3 Å². The van der Waals surface area contributed by atoms with Crippen LogP contribution in [0.2, 0.25) is 0 Å². The van der Waals surface area contributed by atoms with Gasteiger partial charge in [-0.1, -0.05) is 13.3 Å². The lowest BCUT2D eigenvalue weighted by molar-refractivity contribution is -0.121. The van der Waals surface area contributed by atoms with Crippen molar-refractivity contribution in [3.63, 3.8) is 0 Å². The first-order valence-corrected chi connectivity index (χ1v) is 3.68. The van der Waals surface area contributed by atoms with Crippen molar-refractivity contribution in [1.29, 1.82) is 0 Å². The van der Waals surface area contributed by atoms with Gasteiger partial charge in [0.15, 0.2) is 0 Å². The second-order valence-electron chi connectivity index (χ2n) is 2.59. The van der Waals surface area contributed by atoms with Gasteiger partial charge in [0, 0.05) is 5.92 Å². The van der Waals surface area contributed by atoms with Crippen molar-refractivity contribution in [2.75, 3.05) is 6.54 Å². The van der Waals surface area contributed by atoms with Crippen LogP contribution in [0.4, 0.5) is 0 Å². The molecule has 0 heterocycles. The summed E-state index contributed by atoms with van der Waals surface area (Å²) in [7, 11) is 0. The van der Waals surface area contributed by atoms with Crippen molar-refractivity contribution < 1.29 is 4.79 Å². The van der Waals surface area contributed by atoms with E-state index < -0.39 is 0 Å². The summed E-state index contributed by atoms with van der Waals surface area (Å²) in [6.07, 6.45) is 2.85. The zero-order valence-corrected chi connectivity index (χ0v) is 6.47. The molecule has 0 rings (SSSR count). The van der Waals surface area contributed by atoms with Gasteiger partial charge in [-0.15, -0.1) is 0 Å². The van der Waals surface area contributed by atoms with Crippen LogP contribution in [0.25, 0.3) is 0 Å². The van der Waals surface area contributed by atoms with Gasteiger partial charge < -0.3 is 11.5 Å². The first-order valence-electron chi connectivity index (χ1n) is 3.68. The molecule has 0 bridgehead atoms. The van der Waals surface area contributed by atoms with E-state index in [-0.39, 0.29) is 11.8 Å². The van der Waals surface area contributed by atoms with Crippen LogP contribution in [0, 0.1) is 5.92 Å². The summed E-state index contributed by atoms with van der Waals surface area (Å²) in [5.74, 6) is -0.205. The summed E-state index contributed by atoms with van der Waals surface area (Å²) in [6, 6.07) is 0. The highest BCUT2D eigenvalue weighted by atomic mass is 16.1. The van der Waals surface area contributed by atoms with E-state index in [9.17, 15) is 4.79 Å². The third-order valence-electron chi connectivity index (χ3n) is 1.58. The van der Waals surface area contributed by atoms with Crippen LogP contribution < -0.4 is 11.5 Å². The van der Waals surface area contributed by atoms with Crippen LogP contribution in [-0.4, -0.2) is 12.5 Å². The molecule has 0 radical (unpaired) electrons. The normalized spacial score (nSPS) is 13.0. The van der Waals surface area contributed by atoms with Gasteiger partial charge in [0.1, 0.15) is 0 Å². The fourth-order valence-electron chi connectivity index (χ4n) is 0.737. The lowest BCUT2D eigenvalue weighted by Crippen LogP contribution is -2.20. The van der Waals surface area contributed by atoms with Crippen molar-refractivity contribution in [2.45, 2.75) is 26.2 Å². The van der Waals surface area contributed by atoms with Crippen LogP contribution in [0.1, 0.15) is 26.2 Å². The van der Waals surface area contributed by atoms with Gasteiger partial charge in [-0.05, 0) is 19.4 Å². The predicted octanol–water partition coefficient (Wildman–Crippen LogP) is 0.237. The summed E-state index contributed by atoms with van der Waals surface area (Å²) in [6.45, 7) is 2.55. The molecule has 3 nitrogen and oxygen atoms in total. The third-order valence-corrected chi connectivity index (χ3v) is 1.58. The maximum absolute atomic E-state index is 10.5. The van der Waals surface area contributed by atoms with Crippen LogP contribution >= 0.6 is 0 Å². The molecule has 1 unspecified atom stereocenters. The molecule has 0 spiro atoms. The Morgan fingerprint density at radius 3 is 2.50 bits per heavy atom. The van der Waals surface area contributed by atoms with Crippen molar-refractivity contribution >= 4 is 5.91 Å². The highest BCUT2D eigenvalue weighted by molar-refractivity contribution is 5.76. The standard InChI is InChI=1S/C7H16N2O/c1-6(7(9)10)4-2-3-5-8/h6H,2-5,8H2,1H3,(H2,9,10). The first-order chi connectivity index (χ1) is 4.68. The molecule has 0 aliphatic rings. The van der Waals surface area contributed by atoms with Gasteiger partial charge in [0.25, 0.3) is 0 Å². The van der Waals surface area contributed by atoms with Crippen molar-refractivity contribution in [3.8, 4) is 0 Å². The number of carbonyl (C=O) groups excluding carboxylic acids is 1. The van der Waals surface area contributed by atoms with Gasteiger partial charge in [0.05, 0.1) is 0 Å². The van der Waals surface area contributed by atoms with Gasteiger partial charge >= 0.3 is 0 Å². The number of primary amides is 1. The average molecular weight is 144 g/mol. The van der Waals surface area contributed by atoms with E-state index in [1.807, 2.05) is 6.92 Å². The molecule has 0 saturated carbocycles. The Morgan fingerprint density at radius 1 is 1.50 bits per heavy atom. The van der Waals surface area contributed by atoms with E-state index in [2.05, 4.69) is 0 Å². The van der Waals surface area contributed by atoms with Crippen LogP contribution in [0.3, 0.4) is 0 Å². The van der Waals surface area contributed by atoms with Gasteiger partial charge in [-0.2, -0.15) is 0 Å². The predicted molar refractivity (Wildman–Crippen MR) is 41.3 cm³/mol. The number of rotatable bonds is 5. The molecule has 0 fully saturated rings.